The summed E-state index contributed by atoms with van der Waals surface area (Å²) in [4.78, 5) is 5.48. The highest BCUT2D eigenvalue weighted by Gasteiger charge is 1.99. The summed E-state index contributed by atoms with van der Waals surface area (Å²) in [6, 6.07) is 0. The fraction of sp³-hybridized carbons (Fsp3) is 0.500. The summed E-state index contributed by atoms with van der Waals surface area (Å²) in [5.74, 6) is 0.827. The van der Waals surface area contributed by atoms with Gasteiger partial charge in [0, 0.05) is 10.6 Å². The average molecular weight is 159 g/mol. The number of hydrogen-bond acceptors (Lipinski definition) is 3. The maximum atomic E-state index is 4.18. The van der Waals surface area contributed by atoms with Gasteiger partial charge >= 0.3 is 0 Å². The Kier molecular flexibility index (Phi) is 2.54. The molecule has 1 aromatic heterocycles. The lowest BCUT2D eigenvalue weighted by Crippen LogP contribution is -1.83. The summed E-state index contributed by atoms with van der Waals surface area (Å²) in [6.45, 7) is 2.11. The van der Waals surface area contributed by atoms with Crippen molar-refractivity contribution < 1.29 is 0 Å². The number of thiazole rings is 1. The van der Waals surface area contributed by atoms with Gasteiger partial charge in [-0.2, -0.15) is 12.6 Å². The lowest BCUT2D eigenvalue weighted by atomic mass is 10.3. The summed E-state index contributed by atoms with van der Waals surface area (Å²) >= 11 is 5.86. The summed E-state index contributed by atoms with van der Waals surface area (Å²) < 4.78 is 0. The standard InChI is InChI=1S/C6H9NS2/c1-2-5-6(3-8)9-4-7-5/h4,8H,2-3H2,1H3. The third kappa shape index (κ3) is 1.46. The second-order valence-electron chi connectivity index (χ2n) is 1.73. The van der Waals surface area contributed by atoms with E-state index in [0.717, 1.165) is 12.2 Å². The van der Waals surface area contributed by atoms with Crippen molar-refractivity contribution in [1.82, 2.24) is 4.98 Å². The van der Waals surface area contributed by atoms with Crippen molar-refractivity contribution in [3.8, 4) is 0 Å². The molecule has 0 aliphatic rings. The van der Waals surface area contributed by atoms with E-state index in [4.69, 9.17) is 0 Å². The largest absolute Gasteiger partial charge is 0.249 e. The zero-order valence-corrected chi connectivity index (χ0v) is 7.01. The van der Waals surface area contributed by atoms with Crippen LogP contribution in [0.25, 0.3) is 0 Å². The Morgan fingerprint density at radius 2 is 2.56 bits per heavy atom. The van der Waals surface area contributed by atoms with E-state index < -0.39 is 0 Å². The van der Waals surface area contributed by atoms with E-state index in [1.54, 1.807) is 11.3 Å². The van der Waals surface area contributed by atoms with Crippen LogP contribution in [0.5, 0.6) is 0 Å². The first kappa shape index (κ1) is 7.09. The van der Waals surface area contributed by atoms with Crippen LogP contribution in [0.2, 0.25) is 0 Å². The molecule has 0 aliphatic heterocycles. The zero-order valence-electron chi connectivity index (χ0n) is 5.29. The van der Waals surface area contributed by atoms with Crippen LogP contribution in [0, 0.1) is 0 Å². The van der Waals surface area contributed by atoms with Crippen molar-refractivity contribution in [3.05, 3.63) is 16.1 Å². The maximum absolute atomic E-state index is 4.18. The fourth-order valence-electron chi connectivity index (χ4n) is 0.711. The van der Waals surface area contributed by atoms with Gasteiger partial charge in [-0.05, 0) is 6.42 Å². The molecule has 1 nitrogen and oxygen atoms in total. The normalized spacial score (nSPS) is 10.0. The molecule has 1 rings (SSSR count). The van der Waals surface area contributed by atoms with E-state index >= 15 is 0 Å². The molecule has 0 aromatic carbocycles. The molecule has 0 radical (unpaired) electrons. The second-order valence-corrected chi connectivity index (χ2v) is 2.99. The molecule has 0 aliphatic carbocycles. The van der Waals surface area contributed by atoms with Crippen molar-refractivity contribution in [1.29, 1.82) is 0 Å². The highest BCUT2D eigenvalue weighted by atomic mass is 32.1. The molecule has 0 N–H and O–H groups in total. The molecule has 0 unspecified atom stereocenters. The van der Waals surface area contributed by atoms with Gasteiger partial charge in [-0.25, -0.2) is 4.98 Å². The van der Waals surface area contributed by atoms with Crippen LogP contribution >= 0.6 is 24.0 Å². The highest BCUT2D eigenvalue weighted by molar-refractivity contribution is 7.79. The minimum absolute atomic E-state index is 0.827. The van der Waals surface area contributed by atoms with Gasteiger partial charge in [-0.15, -0.1) is 11.3 Å². The first-order valence-corrected chi connectivity index (χ1v) is 4.41. The quantitative estimate of drug-likeness (QED) is 0.652. The topological polar surface area (TPSA) is 12.9 Å². The number of rotatable bonds is 2. The molecule has 9 heavy (non-hydrogen) atoms. The number of aromatic nitrogens is 1. The molecule has 50 valence electrons. The zero-order chi connectivity index (χ0) is 6.69. The fourth-order valence-corrected chi connectivity index (χ4v) is 1.83. The van der Waals surface area contributed by atoms with Crippen LogP contribution in [0.3, 0.4) is 0 Å². The number of hydrogen-bond donors (Lipinski definition) is 1. The molecule has 0 spiro atoms. The average Bonchev–Trinajstić information content (AvgIpc) is 2.33. The molecule has 0 saturated heterocycles. The van der Waals surface area contributed by atoms with Gasteiger partial charge in [0.2, 0.25) is 0 Å². The third-order valence-corrected chi connectivity index (χ3v) is 2.61. The van der Waals surface area contributed by atoms with Gasteiger partial charge in [0.15, 0.2) is 0 Å². The first-order chi connectivity index (χ1) is 4.38. The molecule has 0 saturated carbocycles. The van der Waals surface area contributed by atoms with Crippen molar-refractivity contribution in [2.24, 2.45) is 0 Å². The summed E-state index contributed by atoms with van der Waals surface area (Å²) in [5, 5.41) is 0. The van der Waals surface area contributed by atoms with Crippen LogP contribution in [0.15, 0.2) is 5.51 Å². The second kappa shape index (κ2) is 3.22. The van der Waals surface area contributed by atoms with E-state index in [0.29, 0.717) is 0 Å². The van der Waals surface area contributed by atoms with Crippen LogP contribution in [0.4, 0.5) is 0 Å². The Labute approximate surface area is 64.5 Å². The summed E-state index contributed by atoms with van der Waals surface area (Å²) in [6.07, 6.45) is 1.03. The molecule has 0 fully saturated rings. The van der Waals surface area contributed by atoms with Gasteiger partial charge < -0.3 is 0 Å². The van der Waals surface area contributed by atoms with E-state index in [2.05, 4.69) is 24.5 Å². The van der Waals surface area contributed by atoms with E-state index in [1.807, 2.05) is 5.51 Å². The molecule has 0 amide bonds. The Morgan fingerprint density at radius 1 is 1.78 bits per heavy atom. The molecule has 0 bridgehead atoms. The van der Waals surface area contributed by atoms with Crippen LogP contribution in [-0.2, 0) is 12.2 Å². The molecular weight excluding hydrogens is 150 g/mol. The number of nitrogens with zero attached hydrogens (tertiary/aromatic N) is 1. The summed E-state index contributed by atoms with van der Waals surface area (Å²) in [5.41, 5.74) is 3.08. The predicted molar refractivity (Wildman–Crippen MR) is 44.2 cm³/mol. The molecule has 3 heteroatoms. The number of aryl methyl sites for hydroxylation is 1. The van der Waals surface area contributed by atoms with Crippen LogP contribution in [0.1, 0.15) is 17.5 Å². The Balaban J connectivity index is 2.85. The predicted octanol–water partition coefficient (Wildman–Crippen LogP) is 2.14. The highest BCUT2D eigenvalue weighted by Crippen LogP contribution is 2.15. The van der Waals surface area contributed by atoms with Gasteiger partial charge in [0.1, 0.15) is 0 Å². The molecule has 0 atom stereocenters. The Bertz CT molecular complexity index is 164. The van der Waals surface area contributed by atoms with Crippen molar-refractivity contribution in [2.45, 2.75) is 19.1 Å². The van der Waals surface area contributed by atoms with Crippen molar-refractivity contribution >= 4 is 24.0 Å². The van der Waals surface area contributed by atoms with Gasteiger partial charge in [-0.3, -0.25) is 0 Å². The molecular formula is C6H9NS2. The summed E-state index contributed by atoms with van der Waals surface area (Å²) in [7, 11) is 0. The van der Waals surface area contributed by atoms with Crippen molar-refractivity contribution in [2.75, 3.05) is 0 Å². The molecule has 1 heterocycles. The minimum Gasteiger partial charge on any atom is -0.249 e. The van der Waals surface area contributed by atoms with E-state index in [1.165, 1.54) is 10.6 Å². The Hall–Kier alpha value is -0.0200. The smallest absolute Gasteiger partial charge is 0.0798 e. The monoisotopic (exact) mass is 159 g/mol. The Morgan fingerprint density at radius 3 is 3.00 bits per heavy atom. The van der Waals surface area contributed by atoms with Gasteiger partial charge in [0.25, 0.3) is 0 Å². The van der Waals surface area contributed by atoms with Gasteiger partial charge in [0.05, 0.1) is 11.2 Å². The lowest BCUT2D eigenvalue weighted by molar-refractivity contribution is 1.04. The molecule has 1 aromatic rings. The van der Waals surface area contributed by atoms with Crippen LogP contribution < -0.4 is 0 Å². The van der Waals surface area contributed by atoms with Gasteiger partial charge in [-0.1, -0.05) is 6.92 Å². The van der Waals surface area contributed by atoms with E-state index in [9.17, 15) is 0 Å². The maximum Gasteiger partial charge on any atom is 0.0798 e. The SMILES string of the molecule is CCc1ncsc1CS. The first-order valence-electron chi connectivity index (χ1n) is 2.90. The van der Waals surface area contributed by atoms with Crippen molar-refractivity contribution in [3.63, 3.8) is 0 Å². The lowest BCUT2D eigenvalue weighted by Gasteiger charge is -1.90. The minimum atomic E-state index is 0.827. The number of thiol groups is 1. The van der Waals surface area contributed by atoms with Crippen LogP contribution in [-0.4, -0.2) is 4.98 Å². The third-order valence-electron chi connectivity index (χ3n) is 1.20. The van der Waals surface area contributed by atoms with E-state index in [-0.39, 0.29) is 0 Å².